The number of aryl methyl sites for hydroxylation is 1. The Balaban J connectivity index is 2.45. The summed E-state index contributed by atoms with van der Waals surface area (Å²) in [5.74, 6) is -0.964. The summed E-state index contributed by atoms with van der Waals surface area (Å²) in [6, 6.07) is 0.555. The van der Waals surface area contributed by atoms with E-state index in [4.69, 9.17) is 5.11 Å². The number of nitrogens with one attached hydrogen (secondary N) is 1. The maximum Gasteiger partial charge on any atom is 0.355 e. The molecule has 1 atom stereocenters. The summed E-state index contributed by atoms with van der Waals surface area (Å²) < 4.78 is 0. The quantitative estimate of drug-likeness (QED) is 0.796. The van der Waals surface area contributed by atoms with Gasteiger partial charge in [-0.15, -0.1) is 11.3 Å². The van der Waals surface area contributed by atoms with Gasteiger partial charge >= 0.3 is 5.97 Å². The maximum atomic E-state index is 10.9. The van der Waals surface area contributed by atoms with Gasteiger partial charge in [-0.25, -0.2) is 9.78 Å². The van der Waals surface area contributed by atoms with Crippen LogP contribution in [0.3, 0.4) is 0 Å². The fraction of sp³-hybridized carbons (Fsp3) is 0.667. The fourth-order valence-electron chi connectivity index (χ4n) is 1.54. The molecule has 0 bridgehead atoms. The van der Waals surface area contributed by atoms with Gasteiger partial charge in [-0.05, 0) is 27.3 Å². The lowest BCUT2D eigenvalue weighted by molar-refractivity contribution is 0.0690. The minimum atomic E-state index is -0.964. The number of aromatic nitrogens is 1. The third kappa shape index (κ3) is 3.96. The third-order valence-electron chi connectivity index (χ3n) is 3.08. The maximum absolute atomic E-state index is 10.9. The molecule has 0 radical (unpaired) electrons. The Bertz CT molecular complexity index is 406. The van der Waals surface area contributed by atoms with Gasteiger partial charge in [0.25, 0.3) is 0 Å². The number of thiazole rings is 1. The zero-order chi connectivity index (χ0) is 13.7. The number of carboxylic acid groups (broad SMARTS) is 1. The zero-order valence-corrected chi connectivity index (χ0v) is 12.2. The van der Waals surface area contributed by atoms with Gasteiger partial charge in [0.15, 0.2) is 10.8 Å². The van der Waals surface area contributed by atoms with Crippen LogP contribution in [0.4, 0.5) is 5.13 Å². The molecular formula is C12H21N3O2S. The molecule has 0 saturated heterocycles. The van der Waals surface area contributed by atoms with Gasteiger partial charge in [-0.3, -0.25) is 0 Å². The van der Waals surface area contributed by atoms with E-state index in [2.05, 4.69) is 36.1 Å². The fourth-order valence-corrected chi connectivity index (χ4v) is 2.37. The first-order chi connectivity index (χ1) is 8.45. The molecule has 1 heterocycles. The molecule has 0 aliphatic heterocycles. The standard InChI is InChI=1S/C12H21N3O2S/c1-5-8(2)15(4)7-6-13-12-14-10(11(16)17)9(3)18-12/h8H,5-7H2,1-4H3,(H,13,14)(H,16,17). The van der Waals surface area contributed by atoms with Crippen molar-refractivity contribution in [2.24, 2.45) is 0 Å². The van der Waals surface area contributed by atoms with Crippen LogP contribution in [0.15, 0.2) is 0 Å². The smallest absolute Gasteiger partial charge is 0.355 e. The Kier molecular flexibility index (Phi) is 5.55. The average Bonchev–Trinajstić information content (AvgIpc) is 2.69. The predicted octanol–water partition coefficient (Wildman–Crippen LogP) is 2.29. The predicted molar refractivity (Wildman–Crippen MR) is 74.7 cm³/mol. The van der Waals surface area contributed by atoms with Crippen LogP contribution in [0.1, 0.15) is 35.6 Å². The highest BCUT2D eigenvalue weighted by atomic mass is 32.1. The lowest BCUT2D eigenvalue weighted by atomic mass is 10.2. The number of hydrogen-bond donors (Lipinski definition) is 2. The molecule has 6 heteroatoms. The van der Waals surface area contributed by atoms with Gasteiger partial charge in [-0.2, -0.15) is 0 Å². The van der Waals surface area contributed by atoms with E-state index in [1.54, 1.807) is 6.92 Å². The highest BCUT2D eigenvalue weighted by Gasteiger charge is 2.14. The number of anilines is 1. The molecule has 18 heavy (non-hydrogen) atoms. The zero-order valence-electron chi connectivity index (χ0n) is 11.4. The second kappa shape index (κ2) is 6.70. The van der Waals surface area contributed by atoms with Crippen LogP contribution in [0.2, 0.25) is 0 Å². The Morgan fingerprint density at radius 3 is 2.78 bits per heavy atom. The molecule has 0 fully saturated rings. The number of carbonyl (C=O) groups is 1. The van der Waals surface area contributed by atoms with Crippen molar-refractivity contribution in [1.82, 2.24) is 9.88 Å². The van der Waals surface area contributed by atoms with E-state index >= 15 is 0 Å². The van der Waals surface area contributed by atoms with Crippen LogP contribution < -0.4 is 5.32 Å². The SMILES string of the molecule is CCC(C)N(C)CCNc1nc(C(=O)O)c(C)s1. The van der Waals surface area contributed by atoms with E-state index in [0.717, 1.165) is 24.4 Å². The largest absolute Gasteiger partial charge is 0.476 e. The molecule has 0 spiro atoms. The first-order valence-electron chi connectivity index (χ1n) is 6.10. The highest BCUT2D eigenvalue weighted by Crippen LogP contribution is 2.21. The van der Waals surface area contributed by atoms with Crippen molar-refractivity contribution in [3.8, 4) is 0 Å². The van der Waals surface area contributed by atoms with Gasteiger partial charge < -0.3 is 15.3 Å². The van der Waals surface area contributed by atoms with Crippen molar-refractivity contribution in [3.05, 3.63) is 10.6 Å². The summed E-state index contributed by atoms with van der Waals surface area (Å²) in [5.41, 5.74) is 0.151. The Hall–Kier alpha value is -1.14. The van der Waals surface area contributed by atoms with Crippen molar-refractivity contribution in [1.29, 1.82) is 0 Å². The molecular weight excluding hydrogens is 250 g/mol. The molecule has 0 amide bonds. The monoisotopic (exact) mass is 271 g/mol. The molecule has 1 unspecified atom stereocenters. The van der Waals surface area contributed by atoms with E-state index < -0.39 is 5.97 Å². The summed E-state index contributed by atoms with van der Waals surface area (Å²) in [7, 11) is 2.09. The molecule has 0 aliphatic carbocycles. The van der Waals surface area contributed by atoms with Crippen molar-refractivity contribution < 1.29 is 9.90 Å². The third-order valence-corrected chi connectivity index (χ3v) is 4.01. The van der Waals surface area contributed by atoms with Crippen molar-refractivity contribution in [2.75, 3.05) is 25.5 Å². The molecule has 5 nitrogen and oxygen atoms in total. The molecule has 0 aliphatic rings. The number of nitrogens with zero attached hydrogens (tertiary/aromatic N) is 2. The number of carboxylic acids is 1. The molecule has 1 rings (SSSR count). The van der Waals surface area contributed by atoms with E-state index in [0.29, 0.717) is 11.2 Å². The number of likely N-dealkylation sites (N-methyl/N-ethyl adjacent to an activating group) is 1. The van der Waals surface area contributed by atoms with E-state index in [1.165, 1.54) is 11.3 Å². The van der Waals surface area contributed by atoms with Gasteiger partial charge in [0.2, 0.25) is 0 Å². The van der Waals surface area contributed by atoms with Crippen molar-refractivity contribution >= 4 is 22.4 Å². The number of rotatable bonds is 7. The molecule has 1 aromatic rings. The Morgan fingerprint density at radius 1 is 1.61 bits per heavy atom. The normalized spacial score (nSPS) is 12.7. The highest BCUT2D eigenvalue weighted by molar-refractivity contribution is 7.15. The lowest BCUT2D eigenvalue weighted by Gasteiger charge is -2.23. The minimum absolute atomic E-state index is 0.151. The summed E-state index contributed by atoms with van der Waals surface area (Å²) >= 11 is 1.39. The number of hydrogen-bond acceptors (Lipinski definition) is 5. The van der Waals surface area contributed by atoms with Crippen molar-refractivity contribution in [2.45, 2.75) is 33.2 Å². The van der Waals surface area contributed by atoms with Crippen LogP contribution in [-0.4, -0.2) is 47.1 Å². The lowest BCUT2D eigenvalue weighted by Crippen LogP contribution is -2.32. The minimum Gasteiger partial charge on any atom is -0.476 e. The van der Waals surface area contributed by atoms with Crippen molar-refractivity contribution in [3.63, 3.8) is 0 Å². The first kappa shape index (κ1) is 14.9. The molecule has 2 N–H and O–H groups in total. The van der Waals surface area contributed by atoms with Crippen LogP contribution >= 0.6 is 11.3 Å². The second-order valence-corrected chi connectivity index (χ2v) is 5.60. The second-order valence-electron chi connectivity index (χ2n) is 4.39. The first-order valence-corrected chi connectivity index (χ1v) is 6.92. The molecule has 1 aromatic heterocycles. The molecule has 0 aromatic carbocycles. The average molecular weight is 271 g/mol. The summed E-state index contributed by atoms with van der Waals surface area (Å²) in [6.45, 7) is 7.81. The summed E-state index contributed by atoms with van der Waals surface area (Å²) in [5, 5.41) is 12.8. The molecule has 0 saturated carbocycles. The van der Waals surface area contributed by atoms with E-state index in [1.807, 2.05) is 0 Å². The van der Waals surface area contributed by atoms with Crippen LogP contribution in [0.5, 0.6) is 0 Å². The molecule has 102 valence electrons. The van der Waals surface area contributed by atoms with Crippen LogP contribution in [0.25, 0.3) is 0 Å². The van der Waals surface area contributed by atoms with Gasteiger partial charge in [0.05, 0.1) is 0 Å². The van der Waals surface area contributed by atoms with Gasteiger partial charge in [0, 0.05) is 24.0 Å². The topological polar surface area (TPSA) is 65.5 Å². The summed E-state index contributed by atoms with van der Waals surface area (Å²) in [6.07, 6.45) is 1.12. The van der Waals surface area contributed by atoms with Crippen LogP contribution in [0, 0.1) is 6.92 Å². The van der Waals surface area contributed by atoms with E-state index in [9.17, 15) is 4.79 Å². The Labute approximate surface area is 112 Å². The summed E-state index contributed by atoms with van der Waals surface area (Å²) in [4.78, 5) is 17.9. The van der Waals surface area contributed by atoms with E-state index in [-0.39, 0.29) is 5.69 Å². The Morgan fingerprint density at radius 2 is 2.28 bits per heavy atom. The van der Waals surface area contributed by atoms with Gasteiger partial charge in [0.1, 0.15) is 0 Å². The van der Waals surface area contributed by atoms with Gasteiger partial charge in [-0.1, -0.05) is 6.92 Å². The van der Waals surface area contributed by atoms with Crippen LogP contribution in [-0.2, 0) is 0 Å². The number of aromatic carboxylic acids is 1.